The van der Waals surface area contributed by atoms with Crippen molar-refractivity contribution in [3.8, 4) is 11.4 Å². The number of carboxylic acid groups (broad SMARTS) is 1. The van der Waals surface area contributed by atoms with E-state index in [-0.39, 0.29) is 72.4 Å². The highest BCUT2D eigenvalue weighted by Crippen LogP contribution is 2.35. The average Bonchev–Trinajstić information content (AvgIpc) is 2.08. The zero-order valence-electron chi connectivity index (χ0n) is 50.3. The molecule has 3 unspecified atom stereocenters. The van der Waals surface area contributed by atoms with Gasteiger partial charge in [-0.1, -0.05) is 83.7 Å². The monoisotopic (exact) mass is 1400 g/mol. The second-order valence-electron chi connectivity index (χ2n) is 19.8. The number of aryl methyl sites for hydroxylation is 3. The highest BCUT2D eigenvalue weighted by Gasteiger charge is 2.32. The maximum atomic E-state index is 12.8. The molecular formula is C52H75Cl6F2N12O12PS2. The number of benzene rings is 3. The standard InChI is InChI=1S/C15H22ClNO2.C11H10Cl2F2N4O3S.C11H11Cl2NO2.C9H16ClN5.C3H8NO5P.C3H9S/c1-5-13-8-6-7-11(2)15(13)17(14(18)9-16)12(3)10-19-4;1-5-16-19(11(20)18(5)10(14)15)9-4-8(17-23(2,21)22)6(12)3-7(9)13;1-7-6-16-9-5-3-2-4-8(9)14(7)11(15)10(12)13;1-5-11-7-12-6(10)13-8(14-7)15-9(2,3)4;5-3(6)1-4-2-10(7,8)9;1-4(2)3/h6-8,12H,5,9-10H2,1-4H3;3-4,10,17H,1-2H3;2-5,7,10H,6H2,1H3;5H2,1-4H3,(H2,11,12,13,14,15);4H,1-2H2,(H,5,6)(H2,7,8,9);1-3H3/q;;;;;+1/p-1. The van der Waals surface area contributed by atoms with Crippen molar-refractivity contribution in [1.29, 1.82) is 0 Å². The third kappa shape index (κ3) is 29.1. The van der Waals surface area contributed by atoms with Crippen LogP contribution in [-0.2, 0) is 51.0 Å². The molecule has 0 spiro atoms. The normalized spacial score (nSPS) is 13.6. The van der Waals surface area contributed by atoms with Crippen LogP contribution in [0.5, 0.6) is 5.75 Å². The lowest BCUT2D eigenvalue weighted by atomic mass is 10.0. The molecule has 0 fully saturated rings. The van der Waals surface area contributed by atoms with Crippen LogP contribution >= 0.6 is 77.2 Å². The Kier molecular flexibility index (Phi) is 35.0. The average molecular weight is 1410 g/mol. The molecular weight excluding hydrogens is 1330 g/mol. The van der Waals surface area contributed by atoms with Crippen LogP contribution in [0.25, 0.3) is 5.69 Å². The number of nitrogens with zero attached hydrogens (tertiary/aromatic N) is 8. The Bertz CT molecular complexity index is 3250. The summed E-state index contributed by atoms with van der Waals surface area (Å²) in [5.74, 6) is -0.166. The van der Waals surface area contributed by atoms with Crippen molar-refractivity contribution >= 4 is 145 Å². The van der Waals surface area contributed by atoms with E-state index >= 15 is 0 Å². The van der Waals surface area contributed by atoms with Gasteiger partial charge in [0, 0.05) is 19.2 Å². The number of carboxylic acids is 1. The zero-order chi connectivity index (χ0) is 66.9. The highest BCUT2D eigenvalue weighted by atomic mass is 35.5. The first kappa shape index (κ1) is 80.2. The Morgan fingerprint density at radius 2 is 1.59 bits per heavy atom. The van der Waals surface area contributed by atoms with Gasteiger partial charge in [0.1, 0.15) is 31.7 Å². The molecule has 1 aliphatic rings. The molecule has 6 rings (SSSR count). The van der Waals surface area contributed by atoms with Crippen LogP contribution in [-0.4, -0.2) is 159 Å². The van der Waals surface area contributed by atoms with Gasteiger partial charge in [-0.05, 0) is 120 Å². The number of hydrogen-bond acceptors (Lipinski definition) is 17. The predicted molar refractivity (Wildman–Crippen MR) is 345 cm³/mol. The molecule has 35 heteroatoms. The molecule has 0 bridgehead atoms. The van der Waals surface area contributed by atoms with Crippen molar-refractivity contribution in [2.24, 2.45) is 0 Å². The third-order valence-electron chi connectivity index (χ3n) is 10.4. The van der Waals surface area contributed by atoms with Gasteiger partial charge in [0.25, 0.3) is 5.91 Å². The fourth-order valence-corrected chi connectivity index (χ4v) is 9.21. The number of para-hydroxylation sites is 3. The van der Waals surface area contributed by atoms with E-state index in [4.69, 9.17) is 89.1 Å². The second kappa shape index (κ2) is 38.0. The number of fused-ring (bicyclic) bond motifs is 1. The van der Waals surface area contributed by atoms with Crippen LogP contribution in [0.15, 0.2) is 59.4 Å². The lowest BCUT2D eigenvalue weighted by molar-refractivity contribution is -0.193. The van der Waals surface area contributed by atoms with Crippen LogP contribution in [0, 0.1) is 13.8 Å². The minimum atomic E-state index is -4.35. The van der Waals surface area contributed by atoms with Gasteiger partial charge in [0.15, 0.2) is 4.84 Å². The summed E-state index contributed by atoms with van der Waals surface area (Å²) < 4.78 is 71.9. The lowest BCUT2D eigenvalue weighted by Crippen LogP contribution is -2.47. The summed E-state index contributed by atoms with van der Waals surface area (Å²) in [6.45, 7) is 15.4. The number of aliphatic carboxylic acids is 1. The van der Waals surface area contributed by atoms with Crippen molar-refractivity contribution < 1.29 is 60.5 Å². The number of anilines is 5. The number of hydrogen-bond donors (Lipinski definition) is 6. The van der Waals surface area contributed by atoms with Gasteiger partial charge >= 0.3 is 18.2 Å². The van der Waals surface area contributed by atoms with E-state index in [1.54, 1.807) is 16.9 Å². The van der Waals surface area contributed by atoms with E-state index in [2.05, 4.69) is 67.2 Å². The second-order valence-corrected chi connectivity index (χ2v) is 28.1. The molecule has 6 N–H and O–H groups in total. The highest BCUT2D eigenvalue weighted by molar-refractivity contribution is 7.94. The number of amides is 2. The first-order valence-corrected chi connectivity index (χ1v) is 34.5. The van der Waals surface area contributed by atoms with Crippen LogP contribution in [0.4, 0.5) is 37.7 Å². The molecule has 2 aromatic heterocycles. The van der Waals surface area contributed by atoms with E-state index < -0.39 is 53.5 Å². The summed E-state index contributed by atoms with van der Waals surface area (Å²) >= 11 is 34.6. The molecule has 87 heavy (non-hydrogen) atoms. The SMILES string of the molecule is CC1COc2ccccc2N1C(=O)C(Cl)Cl.CCNc1nc(Cl)nc(NC(C)(C)C)n1.CCc1cccc(C)c1N(C(=O)CCl)C(C)COC.C[S+](C)C.Cc1nn(-c2cc(NS(C)(=O)=O)c(Cl)cc2Cl)c(=O)n1C(F)F.O=C(O)CNCP(=O)([O-])O. The minimum absolute atomic E-state index is 0.0223. The van der Waals surface area contributed by atoms with Crippen molar-refractivity contribution in [2.75, 3.05) is 95.8 Å². The number of rotatable bonds is 18. The van der Waals surface area contributed by atoms with E-state index in [1.807, 2.05) is 90.2 Å². The Balaban J connectivity index is 0.000000546. The fourth-order valence-electron chi connectivity index (χ4n) is 7.18. The van der Waals surface area contributed by atoms with Crippen molar-refractivity contribution in [3.63, 3.8) is 0 Å². The molecule has 488 valence electrons. The number of ether oxygens (including phenoxy) is 2. The topological polar surface area (TPSA) is 317 Å². The summed E-state index contributed by atoms with van der Waals surface area (Å²) in [5, 5.41) is 19.9. The lowest BCUT2D eigenvalue weighted by Gasteiger charge is -2.35. The molecule has 3 atom stereocenters. The molecule has 0 aliphatic carbocycles. The van der Waals surface area contributed by atoms with Gasteiger partial charge < -0.3 is 49.4 Å². The molecule has 24 nitrogen and oxygen atoms in total. The number of aromatic nitrogens is 6. The summed E-state index contributed by atoms with van der Waals surface area (Å²) in [7, 11) is -5.72. The fraction of sp³-hybridized carbons (Fsp3) is 0.500. The van der Waals surface area contributed by atoms with Crippen LogP contribution in [0.1, 0.15) is 72.0 Å². The van der Waals surface area contributed by atoms with Crippen molar-refractivity contribution in [3.05, 3.63) is 97.4 Å². The van der Waals surface area contributed by atoms with E-state index in [0.717, 1.165) is 47.8 Å². The first-order chi connectivity index (χ1) is 40.2. The predicted octanol–water partition coefficient (Wildman–Crippen LogP) is 9.01. The van der Waals surface area contributed by atoms with Crippen molar-refractivity contribution in [1.82, 2.24) is 34.6 Å². The van der Waals surface area contributed by atoms with Gasteiger partial charge in [-0.25, -0.2) is 17.8 Å². The van der Waals surface area contributed by atoms with E-state index in [0.29, 0.717) is 46.4 Å². The summed E-state index contributed by atoms with van der Waals surface area (Å²) in [6, 6.07) is 15.6. The maximum Gasteiger partial charge on any atom is 0.355 e. The van der Waals surface area contributed by atoms with Gasteiger partial charge in [0.05, 0.1) is 89.3 Å². The van der Waals surface area contributed by atoms with Crippen molar-refractivity contribution in [2.45, 2.75) is 97.7 Å². The summed E-state index contributed by atoms with van der Waals surface area (Å²) in [5.41, 5.74) is 2.56. The molecule has 0 saturated heterocycles. The molecule has 3 aromatic carbocycles. The van der Waals surface area contributed by atoms with E-state index in [9.17, 15) is 45.8 Å². The van der Waals surface area contributed by atoms with Crippen LogP contribution in [0.2, 0.25) is 15.3 Å². The van der Waals surface area contributed by atoms with Gasteiger partial charge in [-0.2, -0.15) is 28.4 Å². The zero-order valence-corrected chi connectivity index (χ0v) is 57.4. The Morgan fingerprint density at radius 1 is 0.989 bits per heavy atom. The smallest absolute Gasteiger partial charge is 0.355 e. The minimum Gasteiger partial charge on any atom is -0.778 e. The Hall–Kier alpha value is -4.81. The Labute approximate surface area is 538 Å². The number of sulfonamides is 1. The summed E-state index contributed by atoms with van der Waals surface area (Å²) in [4.78, 5) is 78.3. The van der Waals surface area contributed by atoms with Gasteiger partial charge in [-0.3, -0.25) is 24.4 Å². The van der Waals surface area contributed by atoms with Gasteiger partial charge in [0.2, 0.25) is 33.1 Å². The van der Waals surface area contributed by atoms with Gasteiger partial charge in [-0.15, -0.1) is 16.7 Å². The molecule has 1 aliphatic heterocycles. The number of carbonyl (C=O) groups is 3. The third-order valence-corrected chi connectivity index (χ3v) is 13.0. The largest absolute Gasteiger partial charge is 0.778 e. The molecule has 0 radical (unpaired) electrons. The van der Waals surface area contributed by atoms with E-state index in [1.165, 1.54) is 13.0 Å². The molecule has 5 aromatic rings. The quantitative estimate of drug-likeness (QED) is 0.0271. The number of nitrogens with one attached hydrogen (secondary N) is 4. The summed E-state index contributed by atoms with van der Waals surface area (Å²) in [6.07, 6.45) is 7.65. The first-order valence-electron chi connectivity index (χ1n) is 25.8. The maximum absolute atomic E-state index is 12.8. The molecule has 3 heterocycles. The number of methoxy groups -OCH3 is 1. The number of carbonyl (C=O) groups excluding carboxylic acids is 2. The molecule has 2 amide bonds. The Morgan fingerprint density at radius 3 is 2.08 bits per heavy atom. The van der Waals surface area contributed by atoms with Crippen LogP contribution < -0.4 is 45.8 Å². The number of halogens is 8. The molecule has 0 saturated carbocycles. The van der Waals surface area contributed by atoms with Crippen LogP contribution in [0.3, 0.4) is 0 Å². The number of alkyl halides is 5.